The standard InChI is InChI=1S/C14H20N6O4/c15-11-8-12(17-6-16-11)20(14(18-8)19-3-1-2-4-19)13-10(23)9(22)7(5-21)24-13/h6-7,9-10,13,21-23H,1-5H2,(H2,15,16,17)/t7-,9+,10+,13+/m0/s1. The maximum Gasteiger partial charge on any atom is 0.210 e. The summed E-state index contributed by atoms with van der Waals surface area (Å²) in [4.78, 5) is 14.8. The average Bonchev–Trinajstić information content (AvgIpc) is 3.27. The van der Waals surface area contributed by atoms with E-state index in [0.717, 1.165) is 25.9 Å². The Bertz CT molecular complexity index is 746. The fourth-order valence-corrected chi connectivity index (χ4v) is 3.38. The van der Waals surface area contributed by atoms with Crippen molar-refractivity contribution in [3.63, 3.8) is 0 Å². The summed E-state index contributed by atoms with van der Waals surface area (Å²) in [6.45, 7) is 1.26. The number of rotatable bonds is 3. The van der Waals surface area contributed by atoms with Gasteiger partial charge in [0, 0.05) is 13.1 Å². The van der Waals surface area contributed by atoms with Crippen LogP contribution in [0.4, 0.5) is 11.8 Å². The highest BCUT2D eigenvalue weighted by Gasteiger charge is 2.45. The SMILES string of the molecule is Nc1ncnc2c1nc(N1CCCC1)n2[C@@H]1O[C@@H](CO)[C@@H](O)[C@H]1O. The number of aliphatic hydroxyl groups is 3. The van der Waals surface area contributed by atoms with Crippen molar-refractivity contribution in [3.8, 4) is 0 Å². The van der Waals surface area contributed by atoms with Crippen LogP contribution in [0.5, 0.6) is 0 Å². The number of fused-ring (bicyclic) bond motifs is 1. The summed E-state index contributed by atoms with van der Waals surface area (Å²) in [5.41, 5.74) is 6.77. The summed E-state index contributed by atoms with van der Waals surface area (Å²) in [7, 11) is 0. The minimum Gasteiger partial charge on any atom is -0.394 e. The molecule has 10 heteroatoms. The quantitative estimate of drug-likeness (QED) is 0.533. The molecule has 0 radical (unpaired) electrons. The molecule has 0 unspecified atom stereocenters. The first-order valence-corrected chi connectivity index (χ1v) is 7.97. The third-order valence-electron chi connectivity index (χ3n) is 4.65. The van der Waals surface area contributed by atoms with E-state index in [2.05, 4.69) is 19.9 Å². The zero-order valence-electron chi connectivity index (χ0n) is 13.0. The third kappa shape index (κ3) is 2.22. The number of nitrogen functional groups attached to an aromatic ring is 1. The Hall–Kier alpha value is -2.01. The van der Waals surface area contributed by atoms with E-state index in [0.29, 0.717) is 17.1 Å². The highest BCUT2D eigenvalue weighted by molar-refractivity contribution is 5.84. The van der Waals surface area contributed by atoms with Gasteiger partial charge in [-0.05, 0) is 12.8 Å². The van der Waals surface area contributed by atoms with Crippen molar-refractivity contribution in [2.45, 2.75) is 37.4 Å². The molecule has 2 aliphatic heterocycles. The lowest BCUT2D eigenvalue weighted by Crippen LogP contribution is -2.34. The monoisotopic (exact) mass is 336 g/mol. The first-order valence-electron chi connectivity index (χ1n) is 7.97. The van der Waals surface area contributed by atoms with E-state index in [9.17, 15) is 15.3 Å². The van der Waals surface area contributed by atoms with E-state index in [4.69, 9.17) is 10.5 Å². The average molecular weight is 336 g/mol. The summed E-state index contributed by atoms with van der Waals surface area (Å²) in [6, 6.07) is 0. The molecule has 0 amide bonds. The Morgan fingerprint density at radius 3 is 2.62 bits per heavy atom. The predicted octanol–water partition coefficient (Wildman–Crippen LogP) is -1.38. The van der Waals surface area contributed by atoms with Gasteiger partial charge in [-0.3, -0.25) is 4.57 Å². The molecule has 4 rings (SSSR count). The molecule has 0 spiro atoms. The number of hydrogen-bond donors (Lipinski definition) is 4. The van der Waals surface area contributed by atoms with Crippen molar-refractivity contribution < 1.29 is 20.1 Å². The molecule has 4 atom stereocenters. The zero-order valence-corrected chi connectivity index (χ0v) is 13.0. The van der Waals surface area contributed by atoms with Crippen molar-refractivity contribution in [2.75, 3.05) is 30.3 Å². The zero-order chi connectivity index (χ0) is 16.8. The maximum atomic E-state index is 10.4. The van der Waals surface area contributed by atoms with Gasteiger partial charge >= 0.3 is 0 Å². The van der Waals surface area contributed by atoms with E-state index in [1.54, 1.807) is 4.57 Å². The van der Waals surface area contributed by atoms with Crippen LogP contribution in [0.15, 0.2) is 6.33 Å². The number of imidazole rings is 1. The van der Waals surface area contributed by atoms with Gasteiger partial charge in [0.15, 0.2) is 23.2 Å². The molecular weight excluding hydrogens is 316 g/mol. The molecule has 5 N–H and O–H groups in total. The summed E-state index contributed by atoms with van der Waals surface area (Å²) >= 11 is 0. The molecule has 0 bridgehead atoms. The molecule has 2 aliphatic rings. The second kappa shape index (κ2) is 5.81. The van der Waals surface area contributed by atoms with Gasteiger partial charge in [-0.25, -0.2) is 15.0 Å². The van der Waals surface area contributed by atoms with Crippen molar-refractivity contribution in [1.29, 1.82) is 0 Å². The Labute approximate surface area is 137 Å². The number of nitrogens with zero attached hydrogens (tertiary/aromatic N) is 5. The molecule has 4 heterocycles. The molecule has 0 aromatic carbocycles. The van der Waals surface area contributed by atoms with Crippen LogP contribution in [-0.2, 0) is 4.74 Å². The van der Waals surface area contributed by atoms with Crippen molar-refractivity contribution >= 4 is 22.9 Å². The fourth-order valence-electron chi connectivity index (χ4n) is 3.38. The van der Waals surface area contributed by atoms with Crippen LogP contribution in [-0.4, -0.2) is 72.8 Å². The highest BCUT2D eigenvalue weighted by Crippen LogP contribution is 2.36. The van der Waals surface area contributed by atoms with E-state index in [1.165, 1.54) is 6.33 Å². The van der Waals surface area contributed by atoms with E-state index >= 15 is 0 Å². The highest BCUT2D eigenvalue weighted by atomic mass is 16.6. The predicted molar refractivity (Wildman–Crippen MR) is 84.2 cm³/mol. The van der Waals surface area contributed by atoms with Crippen LogP contribution in [0.2, 0.25) is 0 Å². The van der Waals surface area contributed by atoms with Crippen LogP contribution in [0.1, 0.15) is 19.1 Å². The molecule has 10 nitrogen and oxygen atoms in total. The van der Waals surface area contributed by atoms with Crippen LogP contribution < -0.4 is 10.6 Å². The van der Waals surface area contributed by atoms with Gasteiger partial charge in [0.05, 0.1) is 6.61 Å². The molecule has 130 valence electrons. The minimum atomic E-state index is -1.21. The van der Waals surface area contributed by atoms with Crippen LogP contribution >= 0.6 is 0 Å². The minimum absolute atomic E-state index is 0.242. The van der Waals surface area contributed by atoms with Gasteiger partial charge in [-0.2, -0.15) is 0 Å². The smallest absolute Gasteiger partial charge is 0.210 e. The van der Waals surface area contributed by atoms with Crippen molar-refractivity contribution in [1.82, 2.24) is 19.5 Å². The van der Waals surface area contributed by atoms with Gasteiger partial charge in [0.2, 0.25) is 5.95 Å². The van der Waals surface area contributed by atoms with E-state index < -0.39 is 31.1 Å². The Balaban J connectivity index is 1.86. The first-order chi connectivity index (χ1) is 11.6. The Morgan fingerprint density at radius 1 is 1.21 bits per heavy atom. The lowest BCUT2D eigenvalue weighted by molar-refractivity contribution is -0.0504. The van der Waals surface area contributed by atoms with Gasteiger partial charge in [0.25, 0.3) is 0 Å². The van der Waals surface area contributed by atoms with Crippen LogP contribution in [0.3, 0.4) is 0 Å². The van der Waals surface area contributed by atoms with E-state index in [1.807, 2.05) is 0 Å². The number of anilines is 2. The molecule has 2 aromatic rings. The Morgan fingerprint density at radius 2 is 1.96 bits per heavy atom. The summed E-state index contributed by atoms with van der Waals surface area (Å²) < 4.78 is 7.31. The third-order valence-corrected chi connectivity index (χ3v) is 4.65. The number of aliphatic hydroxyl groups excluding tert-OH is 3. The van der Waals surface area contributed by atoms with Gasteiger partial charge < -0.3 is 30.7 Å². The maximum absolute atomic E-state index is 10.4. The summed E-state index contributed by atoms with van der Waals surface area (Å²) in [5.74, 6) is 0.815. The Kier molecular flexibility index (Phi) is 3.76. The lowest BCUT2D eigenvalue weighted by Gasteiger charge is -2.23. The number of hydrogen-bond acceptors (Lipinski definition) is 9. The largest absolute Gasteiger partial charge is 0.394 e. The topological polar surface area (TPSA) is 143 Å². The van der Waals surface area contributed by atoms with Crippen LogP contribution in [0.25, 0.3) is 11.2 Å². The number of aromatic nitrogens is 4. The molecule has 2 aromatic heterocycles. The molecule has 2 fully saturated rings. The van der Waals surface area contributed by atoms with E-state index in [-0.39, 0.29) is 5.82 Å². The molecule has 24 heavy (non-hydrogen) atoms. The van der Waals surface area contributed by atoms with Crippen molar-refractivity contribution in [3.05, 3.63) is 6.33 Å². The second-order valence-corrected chi connectivity index (χ2v) is 6.14. The number of ether oxygens (including phenoxy) is 1. The van der Waals surface area contributed by atoms with Gasteiger partial charge in [0.1, 0.15) is 24.6 Å². The summed E-state index contributed by atoms with van der Waals surface area (Å²) in [5, 5.41) is 29.8. The number of nitrogens with two attached hydrogens (primary N) is 1. The molecule has 0 aliphatic carbocycles. The van der Waals surface area contributed by atoms with Gasteiger partial charge in [-0.1, -0.05) is 0 Å². The lowest BCUT2D eigenvalue weighted by atomic mass is 10.1. The first kappa shape index (κ1) is 15.5. The van der Waals surface area contributed by atoms with Crippen molar-refractivity contribution in [2.24, 2.45) is 0 Å². The summed E-state index contributed by atoms with van der Waals surface area (Å²) in [6.07, 6.45) is -0.772. The van der Waals surface area contributed by atoms with Gasteiger partial charge in [-0.15, -0.1) is 0 Å². The molecule has 2 saturated heterocycles. The normalized spacial score (nSPS) is 30.5. The molecule has 0 saturated carbocycles. The van der Waals surface area contributed by atoms with Crippen LogP contribution in [0, 0.1) is 0 Å². The fraction of sp³-hybridized carbons (Fsp3) is 0.643. The second-order valence-electron chi connectivity index (χ2n) is 6.14. The molecular formula is C14H20N6O4.